The van der Waals surface area contributed by atoms with E-state index in [2.05, 4.69) is 13.8 Å². The first kappa shape index (κ1) is 17.2. The molecule has 0 spiro atoms. The van der Waals surface area contributed by atoms with E-state index in [1.807, 2.05) is 6.07 Å². The Bertz CT molecular complexity index is 467. The molecule has 0 fully saturated rings. The van der Waals surface area contributed by atoms with Crippen LogP contribution in [0.3, 0.4) is 0 Å². The summed E-state index contributed by atoms with van der Waals surface area (Å²) in [6.45, 7) is 6.05. The normalized spacial score (nSPS) is 16.1. The van der Waals surface area contributed by atoms with Gasteiger partial charge in [-0.1, -0.05) is 32.4 Å². The van der Waals surface area contributed by atoms with Crippen LogP contribution in [0.1, 0.15) is 51.2 Å². The number of hydrogen-bond donors (Lipinski definition) is 2. The number of benzene rings is 1. The van der Waals surface area contributed by atoms with Crippen LogP contribution in [0.15, 0.2) is 18.2 Å². The third kappa shape index (κ3) is 5.25. The Morgan fingerprint density at radius 3 is 2.50 bits per heavy atom. The second kappa shape index (κ2) is 7.23. The zero-order valence-corrected chi connectivity index (χ0v) is 13.7. The van der Waals surface area contributed by atoms with E-state index >= 15 is 0 Å². The van der Waals surface area contributed by atoms with Gasteiger partial charge in [-0.15, -0.1) is 0 Å². The van der Waals surface area contributed by atoms with Gasteiger partial charge in [0.15, 0.2) is 0 Å². The van der Waals surface area contributed by atoms with Crippen molar-refractivity contribution in [1.29, 1.82) is 0 Å². The maximum absolute atomic E-state index is 11.2. The van der Waals surface area contributed by atoms with Crippen LogP contribution < -0.4 is 0 Å². The van der Waals surface area contributed by atoms with Crippen molar-refractivity contribution >= 4 is 10.8 Å². The highest BCUT2D eigenvalue weighted by molar-refractivity contribution is 7.83. The van der Waals surface area contributed by atoms with Gasteiger partial charge in [0, 0.05) is 28.4 Å². The van der Waals surface area contributed by atoms with Crippen LogP contribution in [-0.2, 0) is 22.2 Å². The first-order valence-electron chi connectivity index (χ1n) is 7.07. The Kier molecular flexibility index (Phi) is 6.21. The number of rotatable bonds is 7. The molecule has 2 atom stereocenters. The Hall–Kier alpha value is -0.870. The zero-order valence-electron chi connectivity index (χ0n) is 12.8. The van der Waals surface area contributed by atoms with E-state index in [-0.39, 0.29) is 5.75 Å². The van der Waals surface area contributed by atoms with Gasteiger partial charge in [0.2, 0.25) is 0 Å². The van der Waals surface area contributed by atoms with Crippen molar-refractivity contribution in [3.05, 3.63) is 29.3 Å². The van der Waals surface area contributed by atoms with Crippen LogP contribution >= 0.6 is 0 Å². The van der Waals surface area contributed by atoms with Crippen LogP contribution in [0.4, 0.5) is 0 Å². The van der Waals surface area contributed by atoms with Gasteiger partial charge in [-0.05, 0) is 37.3 Å². The second-order valence-electron chi connectivity index (χ2n) is 6.13. The summed E-state index contributed by atoms with van der Waals surface area (Å²) < 4.78 is 11.2. The largest absolute Gasteiger partial charge is 0.508 e. The third-order valence-electron chi connectivity index (χ3n) is 3.46. The highest BCUT2D eigenvalue weighted by atomic mass is 32.2. The van der Waals surface area contributed by atoms with E-state index in [9.17, 15) is 14.4 Å². The fourth-order valence-electron chi connectivity index (χ4n) is 2.35. The van der Waals surface area contributed by atoms with Gasteiger partial charge in [-0.25, -0.2) is 0 Å². The summed E-state index contributed by atoms with van der Waals surface area (Å²) in [7, 11) is -0.936. The monoisotopic (exact) mass is 298 g/mol. The molecule has 1 aromatic rings. The number of phenols is 1. The first-order valence-corrected chi connectivity index (χ1v) is 8.80. The van der Waals surface area contributed by atoms with E-state index in [0.717, 1.165) is 18.4 Å². The molecule has 4 heteroatoms. The quantitative estimate of drug-likeness (QED) is 0.812. The Morgan fingerprint density at radius 1 is 1.35 bits per heavy atom. The average molecular weight is 298 g/mol. The average Bonchev–Trinajstić information content (AvgIpc) is 2.26. The van der Waals surface area contributed by atoms with E-state index in [1.165, 1.54) is 0 Å². The third-order valence-corrected chi connectivity index (χ3v) is 4.20. The molecule has 0 radical (unpaired) electrons. The molecule has 20 heavy (non-hydrogen) atoms. The van der Waals surface area contributed by atoms with Gasteiger partial charge in [0.25, 0.3) is 0 Å². The summed E-state index contributed by atoms with van der Waals surface area (Å²) in [4.78, 5) is 0. The summed E-state index contributed by atoms with van der Waals surface area (Å²) in [6.07, 6.45) is 4.24. The van der Waals surface area contributed by atoms with E-state index in [1.54, 1.807) is 25.3 Å². The van der Waals surface area contributed by atoms with Crippen molar-refractivity contribution in [2.45, 2.75) is 51.4 Å². The Morgan fingerprint density at radius 2 is 2.00 bits per heavy atom. The smallest absolute Gasteiger partial charge is 0.121 e. The molecule has 0 amide bonds. The maximum atomic E-state index is 11.2. The molecule has 114 valence electrons. The molecular formula is C16H26O3S. The van der Waals surface area contributed by atoms with Crippen molar-refractivity contribution in [3.63, 3.8) is 0 Å². The zero-order chi connectivity index (χ0) is 15.3. The lowest BCUT2D eigenvalue weighted by Crippen LogP contribution is -2.21. The highest BCUT2D eigenvalue weighted by Gasteiger charge is 2.26. The first-order chi connectivity index (χ1) is 9.22. The lowest BCUT2D eigenvalue weighted by molar-refractivity contribution is 0.0417. The van der Waals surface area contributed by atoms with Crippen molar-refractivity contribution in [1.82, 2.24) is 0 Å². The predicted molar refractivity (Wildman–Crippen MR) is 84.1 cm³/mol. The number of aliphatic hydroxyl groups is 1. The summed E-state index contributed by atoms with van der Waals surface area (Å²) in [5.41, 5.74) is 0.347. The minimum atomic E-state index is -1.02. The minimum absolute atomic E-state index is 0.0856. The van der Waals surface area contributed by atoms with Gasteiger partial charge < -0.3 is 10.2 Å². The molecule has 2 N–H and O–H groups in total. The summed E-state index contributed by atoms with van der Waals surface area (Å²) in [5, 5.41) is 20.6. The fourth-order valence-corrected chi connectivity index (χ4v) is 3.00. The van der Waals surface area contributed by atoms with E-state index in [0.29, 0.717) is 23.7 Å². The molecule has 1 rings (SSSR count). The summed E-state index contributed by atoms with van der Waals surface area (Å²) >= 11 is 0. The van der Waals surface area contributed by atoms with Gasteiger partial charge in [0.1, 0.15) is 5.75 Å². The number of hydrogen-bond acceptors (Lipinski definition) is 3. The van der Waals surface area contributed by atoms with Gasteiger partial charge >= 0.3 is 0 Å². The Balaban J connectivity index is 2.81. The lowest BCUT2D eigenvalue weighted by Gasteiger charge is -2.25. The topological polar surface area (TPSA) is 57.5 Å². The van der Waals surface area contributed by atoms with Gasteiger partial charge in [-0.2, -0.15) is 0 Å². The van der Waals surface area contributed by atoms with Crippen molar-refractivity contribution in [2.75, 3.05) is 6.26 Å². The van der Waals surface area contributed by atoms with Gasteiger partial charge in [0.05, 0.1) is 5.60 Å². The molecule has 0 bridgehead atoms. The van der Waals surface area contributed by atoms with Crippen molar-refractivity contribution in [3.8, 4) is 5.75 Å². The van der Waals surface area contributed by atoms with Crippen LogP contribution in [-0.4, -0.2) is 20.7 Å². The van der Waals surface area contributed by atoms with Crippen LogP contribution in [0.2, 0.25) is 0 Å². The van der Waals surface area contributed by atoms with Crippen LogP contribution in [0.25, 0.3) is 0 Å². The molecule has 0 saturated carbocycles. The molecule has 3 nitrogen and oxygen atoms in total. The van der Waals surface area contributed by atoms with Gasteiger partial charge in [-0.3, -0.25) is 4.21 Å². The maximum Gasteiger partial charge on any atom is 0.121 e. The molecule has 0 aliphatic carbocycles. The molecule has 1 aromatic carbocycles. The molecule has 0 saturated heterocycles. The van der Waals surface area contributed by atoms with E-state index in [4.69, 9.17) is 0 Å². The highest BCUT2D eigenvalue weighted by Crippen LogP contribution is 2.34. The second-order valence-corrected chi connectivity index (χ2v) is 7.56. The molecule has 1 unspecified atom stereocenters. The molecule has 0 aromatic heterocycles. The van der Waals surface area contributed by atoms with Crippen molar-refractivity contribution < 1.29 is 14.4 Å². The summed E-state index contributed by atoms with van der Waals surface area (Å²) in [5.74, 6) is 1.12. The standard InChI is InChI=1S/C16H26O3S/c1-12(2)6-5-9-16(3,18)14-8-7-13(10-15(14)17)11-20(4)19/h7-8,10,12,17-18H,5-6,9,11H2,1-4H3/t16-,20?/m1/s1. The van der Waals surface area contributed by atoms with Crippen LogP contribution in [0.5, 0.6) is 5.75 Å². The molecule has 0 aliphatic rings. The Labute approximate surface area is 124 Å². The molecule has 0 aliphatic heterocycles. The lowest BCUT2D eigenvalue weighted by atomic mass is 9.88. The molecule has 0 heterocycles. The number of aromatic hydroxyl groups is 1. The summed E-state index contributed by atoms with van der Waals surface area (Å²) in [6, 6.07) is 5.17. The van der Waals surface area contributed by atoms with E-state index < -0.39 is 16.4 Å². The van der Waals surface area contributed by atoms with Crippen molar-refractivity contribution in [2.24, 2.45) is 5.92 Å². The SMILES string of the molecule is CC(C)CCC[C@@](C)(O)c1ccc(CS(C)=O)cc1O. The number of phenolic OH excluding ortho intramolecular Hbond substituents is 1. The fraction of sp³-hybridized carbons (Fsp3) is 0.625. The molecular weight excluding hydrogens is 272 g/mol. The predicted octanol–water partition coefficient (Wildman–Crippen LogP) is 3.30. The van der Waals surface area contributed by atoms with Crippen LogP contribution in [0, 0.1) is 5.92 Å². The minimum Gasteiger partial charge on any atom is -0.508 e.